The lowest BCUT2D eigenvalue weighted by Crippen LogP contribution is -2.51. The van der Waals surface area contributed by atoms with E-state index in [1.165, 1.54) is 0 Å². The predicted molar refractivity (Wildman–Crippen MR) is 136 cm³/mol. The van der Waals surface area contributed by atoms with Gasteiger partial charge < -0.3 is 9.47 Å². The van der Waals surface area contributed by atoms with Gasteiger partial charge in [-0.15, -0.1) is 0 Å². The van der Waals surface area contributed by atoms with Gasteiger partial charge in [0.25, 0.3) is 0 Å². The van der Waals surface area contributed by atoms with Crippen LogP contribution in [-0.4, -0.2) is 36.3 Å². The number of carbonyl (C=O) groups is 2. The molecule has 6 nitrogen and oxygen atoms in total. The van der Waals surface area contributed by atoms with Gasteiger partial charge in [-0.05, 0) is 73.7 Å². The zero-order valence-electron chi connectivity index (χ0n) is 23.6. The molecular weight excluding hydrogens is 599 g/mol. The van der Waals surface area contributed by atoms with Gasteiger partial charge in [0.2, 0.25) is 0 Å². The van der Waals surface area contributed by atoms with E-state index in [-0.39, 0.29) is 29.7 Å². The molecule has 0 bridgehead atoms. The summed E-state index contributed by atoms with van der Waals surface area (Å²) in [4.78, 5) is 28.1. The van der Waals surface area contributed by atoms with Crippen molar-refractivity contribution in [1.82, 2.24) is 4.90 Å². The Labute approximate surface area is 241 Å². The van der Waals surface area contributed by atoms with Crippen LogP contribution >= 0.6 is 0 Å². The fourth-order valence-corrected chi connectivity index (χ4v) is 4.94. The van der Waals surface area contributed by atoms with Gasteiger partial charge in [0.1, 0.15) is 0 Å². The molecule has 1 aliphatic heterocycles. The summed E-state index contributed by atoms with van der Waals surface area (Å²) in [5.74, 6) is -0.387. The van der Waals surface area contributed by atoms with Crippen LogP contribution in [0.2, 0.25) is 0 Å². The molecule has 2 aromatic carbocycles. The van der Waals surface area contributed by atoms with Crippen molar-refractivity contribution in [3.05, 3.63) is 64.2 Å². The van der Waals surface area contributed by atoms with Crippen LogP contribution in [-0.2, 0) is 34.5 Å². The number of rotatable bonds is 5. The lowest BCUT2D eigenvalue weighted by Gasteiger charge is -2.45. The summed E-state index contributed by atoms with van der Waals surface area (Å²) in [5, 5.41) is 0. The molecule has 0 unspecified atom stereocenters. The van der Waals surface area contributed by atoms with Crippen LogP contribution in [0.1, 0.15) is 68.0 Å². The summed E-state index contributed by atoms with van der Waals surface area (Å²) < 4.78 is 133. The molecule has 2 atom stereocenters. The van der Waals surface area contributed by atoms with Crippen LogP contribution in [0.25, 0.3) is 0 Å². The van der Waals surface area contributed by atoms with E-state index in [0.717, 1.165) is 29.0 Å². The molecular formula is C28H29F9N2O4. The molecule has 238 valence electrons. The fraction of sp³-hybridized carbons (Fsp3) is 0.500. The maximum Gasteiger partial charge on any atom is 0.416 e. The van der Waals surface area contributed by atoms with E-state index in [0.29, 0.717) is 18.2 Å². The quantitative estimate of drug-likeness (QED) is 0.311. The minimum absolute atomic E-state index is 0.0671. The molecule has 0 radical (unpaired) electrons. The van der Waals surface area contributed by atoms with Crippen molar-refractivity contribution in [3.8, 4) is 0 Å². The largest absolute Gasteiger partial charge is 0.453 e. The van der Waals surface area contributed by atoms with E-state index in [2.05, 4.69) is 0 Å². The molecule has 1 heterocycles. The SMILES string of the molecule is COC(=O)N(Cc1cc(C(F)(F)F)cc(C(F)(F)F)c1)[C@H]1C[C@H](C(C)C)N(C(=O)OC(C)C)c2ccc(C(F)(F)F)cc21. The van der Waals surface area contributed by atoms with E-state index in [9.17, 15) is 49.1 Å². The average molecular weight is 629 g/mol. The first kappa shape index (κ1) is 33.8. The Kier molecular flexibility index (Phi) is 9.57. The van der Waals surface area contributed by atoms with E-state index in [1.807, 2.05) is 0 Å². The molecule has 15 heteroatoms. The highest BCUT2D eigenvalue weighted by Gasteiger charge is 2.44. The zero-order chi connectivity index (χ0) is 32.7. The Bertz CT molecular complexity index is 1300. The number of fused-ring (bicyclic) bond motifs is 1. The van der Waals surface area contributed by atoms with E-state index in [4.69, 9.17) is 9.47 Å². The number of anilines is 1. The van der Waals surface area contributed by atoms with Crippen molar-refractivity contribution in [3.63, 3.8) is 0 Å². The second-order valence-electron chi connectivity index (χ2n) is 10.6. The van der Waals surface area contributed by atoms with Gasteiger partial charge in [-0.1, -0.05) is 13.8 Å². The minimum atomic E-state index is -5.18. The van der Waals surface area contributed by atoms with Crippen LogP contribution in [0.5, 0.6) is 0 Å². The van der Waals surface area contributed by atoms with Gasteiger partial charge in [0.05, 0.1) is 41.6 Å². The molecule has 2 aromatic rings. The van der Waals surface area contributed by atoms with Crippen molar-refractivity contribution in [2.45, 2.75) is 77.4 Å². The van der Waals surface area contributed by atoms with Gasteiger partial charge in [-0.25, -0.2) is 9.59 Å². The fourth-order valence-electron chi connectivity index (χ4n) is 4.94. The number of halogens is 9. The monoisotopic (exact) mass is 628 g/mol. The third kappa shape index (κ3) is 7.66. The van der Waals surface area contributed by atoms with Gasteiger partial charge in [0.15, 0.2) is 0 Å². The van der Waals surface area contributed by atoms with Gasteiger partial charge in [0, 0.05) is 12.6 Å². The molecule has 43 heavy (non-hydrogen) atoms. The van der Waals surface area contributed by atoms with Gasteiger partial charge >= 0.3 is 30.7 Å². The topological polar surface area (TPSA) is 59.1 Å². The van der Waals surface area contributed by atoms with Crippen molar-refractivity contribution in [1.29, 1.82) is 0 Å². The summed E-state index contributed by atoms with van der Waals surface area (Å²) in [6, 6.07) is 1.03. The Balaban J connectivity index is 2.26. The lowest BCUT2D eigenvalue weighted by atomic mass is 9.84. The van der Waals surface area contributed by atoms with Gasteiger partial charge in [-0.2, -0.15) is 39.5 Å². The van der Waals surface area contributed by atoms with Crippen LogP contribution in [0.4, 0.5) is 54.8 Å². The van der Waals surface area contributed by atoms with Crippen LogP contribution < -0.4 is 4.90 Å². The summed E-state index contributed by atoms with van der Waals surface area (Å²) in [5.41, 5.74) is -5.30. The number of benzene rings is 2. The standard InChI is InChI=1S/C28H29F9N2O4/c1-14(2)22-12-23(20-11-17(26(29,30)31)6-7-21(20)39(22)25(41)43-15(3)4)38(24(40)42-5)13-16-8-18(27(32,33)34)10-19(9-16)28(35,36)37/h6-11,14-15,22-23H,12-13H2,1-5H3/t22-,23+/m1/s1. The van der Waals surface area contributed by atoms with Crippen molar-refractivity contribution >= 4 is 17.9 Å². The molecule has 1 aliphatic rings. The molecule has 3 rings (SSSR count). The molecule has 0 saturated carbocycles. The van der Waals surface area contributed by atoms with Crippen molar-refractivity contribution in [2.24, 2.45) is 5.92 Å². The van der Waals surface area contributed by atoms with Crippen molar-refractivity contribution < 1.29 is 58.6 Å². The highest BCUT2D eigenvalue weighted by atomic mass is 19.4. The normalized spacial score (nSPS) is 17.6. The van der Waals surface area contributed by atoms with Crippen LogP contribution in [0.3, 0.4) is 0 Å². The summed E-state index contributed by atoms with van der Waals surface area (Å²) in [7, 11) is 0.907. The Morgan fingerprint density at radius 2 is 1.40 bits per heavy atom. The van der Waals surface area contributed by atoms with Gasteiger partial charge in [-0.3, -0.25) is 9.80 Å². The third-order valence-electron chi connectivity index (χ3n) is 6.86. The Morgan fingerprint density at radius 3 is 1.84 bits per heavy atom. The molecule has 0 aromatic heterocycles. The Hall–Kier alpha value is -3.65. The second-order valence-corrected chi connectivity index (χ2v) is 10.6. The maximum absolute atomic E-state index is 13.8. The average Bonchev–Trinajstić information content (AvgIpc) is 2.87. The molecule has 0 saturated heterocycles. The molecule has 0 fully saturated rings. The maximum atomic E-state index is 13.8. The summed E-state index contributed by atoms with van der Waals surface area (Å²) in [6.45, 7) is 5.62. The first-order chi connectivity index (χ1) is 19.6. The predicted octanol–water partition coefficient (Wildman–Crippen LogP) is 8.83. The summed E-state index contributed by atoms with van der Waals surface area (Å²) in [6.07, 6.45) is -18.2. The van der Waals surface area contributed by atoms with Crippen molar-refractivity contribution in [2.75, 3.05) is 12.0 Å². The number of nitrogens with zero attached hydrogens (tertiary/aromatic N) is 2. The Morgan fingerprint density at radius 1 is 0.860 bits per heavy atom. The molecule has 0 N–H and O–H groups in total. The lowest BCUT2D eigenvalue weighted by molar-refractivity contribution is -0.143. The number of hydrogen-bond acceptors (Lipinski definition) is 4. The van der Waals surface area contributed by atoms with E-state index < -0.39 is 77.7 Å². The van der Waals surface area contributed by atoms with Crippen LogP contribution in [0.15, 0.2) is 36.4 Å². The first-order valence-electron chi connectivity index (χ1n) is 13.0. The summed E-state index contributed by atoms with van der Waals surface area (Å²) >= 11 is 0. The number of carbonyl (C=O) groups excluding carboxylic acids is 2. The highest BCUT2D eigenvalue weighted by molar-refractivity contribution is 5.91. The second kappa shape index (κ2) is 12.2. The van der Waals surface area contributed by atoms with E-state index >= 15 is 0 Å². The smallest absolute Gasteiger partial charge is 0.416 e. The number of alkyl halides is 9. The molecule has 2 amide bonds. The highest BCUT2D eigenvalue weighted by Crippen LogP contribution is 2.46. The number of ether oxygens (including phenoxy) is 2. The number of amides is 2. The first-order valence-corrected chi connectivity index (χ1v) is 13.0. The zero-order valence-corrected chi connectivity index (χ0v) is 23.6. The minimum Gasteiger partial charge on any atom is -0.453 e. The molecule has 0 spiro atoms. The number of methoxy groups -OCH3 is 1. The molecule has 0 aliphatic carbocycles. The third-order valence-corrected chi connectivity index (χ3v) is 6.86. The van der Waals surface area contributed by atoms with E-state index in [1.54, 1.807) is 27.7 Å². The number of hydrogen-bond donors (Lipinski definition) is 0. The van der Waals surface area contributed by atoms with Crippen LogP contribution in [0, 0.1) is 5.92 Å².